The maximum atomic E-state index is 14.2. The van der Waals surface area contributed by atoms with E-state index in [1.54, 1.807) is 11.0 Å². The summed E-state index contributed by atoms with van der Waals surface area (Å²) in [5, 5.41) is 0. The molecule has 1 amide bonds. The second kappa shape index (κ2) is 8.37. The Labute approximate surface area is 168 Å². The number of carbonyl (C=O) groups excluding carboxylic acids is 1. The van der Waals surface area contributed by atoms with Crippen LogP contribution in [-0.4, -0.2) is 44.5 Å². The molecule has 1 aliphatic carbocycles. The summed E-state index contributed by atoms with van der Waals surface area (Å²) < 4.78 is 43.4. The Morgan fingerprint density at radius 1 is 1.21 bits per heavy atom. The quantitative estimate of drug-likeness (QED) is 0.761. The number of benzene rings is 1. The number of likely N-dealkylation sites (tertiary alicyclic amines) is 1. The van der Waals surface area contributed by atoms with E-state index in [0.717, 1.165) is 18.4 Å². The molecule has 1 aromatic rings. The van der Waals surface area contributed by atoms with Gasteiger partial charge in [-0.15, -0.1) is 0 Å². The number of rotatable bonds is 3. The van der Waals surface area contributed by atoms with Gasteiger partial charge in [-0.25, -0.2) is 13.4 Å². The van der Waals surface area contributed by atoms with E-state index in [2.05, 4.69) is 0 Å². The summed E-state index contributed by atoms with van der Waals surface area (Å²) in [5.41, 5.74) is 1.61. The molecule has 0 bridgehead atoms. The monoisotopic (exact) mass is 412 g/mol. The minimum atomic E-state index is -2.22. The molecule has 28 heavy (non-hydrogen) atoms. The first kappa shape index (κ1) is 21.0. The summed E-state index contributed by atoms with van der Waals surface area (Å²) in [7, 11) is 0. The SMILES string of the molecule is CC(C)(C)OC(=O)N1CCC(N(c2ccc(F)c3c2CCCC3)S(=O)O)CC1. The van der Waals surface area contributed by atoms with E-state index in [9.17, 15) is 17.9 Å². The smallest absolute Gasteiger partial charge is 0.410 e. The Morgan fingerprint density at radius 2 is 1.82 bits per heavy atom. The largest absolute Gasteiger partial charge is 0.444 e. The third-order valence-electron chi connectivity index (χ3n) is 5.31. The molecule has 1 atom stereocenters. The van der Waals surface area contributed by atoms with Crippen LogP contribution in [0.2, 0.25) is 0 Å². The van der Waals surface area contributed by atoms with E-state index in [4.69, 9.17) is 4.74 Å². The molecule has 0 radical (unpaired) electrons. The first-order chi connectivity index (χ1) is 13.2. The fraction of sp³-hybridized carbons (Fsp3) is 0.650. The van der Waals surface area contributed by atoms with Crippen molar-refractivity contribution < 1.29 is 22.7 Å². The van der Waals surface area contributed by atoms with E-state index in [1.807, 2.05) is 20.8 Å². The van der Waals surface area contributed by atoms with Crippen molar-refractivity contribution in [3.05, 3.63) is 29.1 Å². The van der Waals surface area contributed by atoms with E-state index in [0.29, 0.717) is 50.0 Å². The summed E-state index contributed by atoms with van der Waals surface area (Å²) in [6, 6.07) is 2.82. The van der Waals surface area contributed by atoms with Crippen LogP contribution in [0.5, 0.6) is 0 Å². The lowest BCUT2D eigenvalue weighted by molar-refractivity contribution is 0.0207. The normalized spacial score (nSPS) is 19.1. The van der Waals surface area contributed by atoms with Crippen LogP contribution >= 0.6 is 0 Å². The van der Waals surface area contributed by atoms with Crippen LogP contribution in [0.3, 0.4) is 0 Å². The van der Waals surface area contributed by atoms with E-state index in [-0.39, 0.29) is 18.0 Å². The zero-order chi connectivity index (χ0) is 20.5. The number of carbonyl (C=O) groups is 1. The minimum absolute atomic E-state index is 0.194. The number of amides is 1. The van der Waals surface area contributed by atoms with Crippen LogP contribution in [0.15, 0.2) is 12.1 Å². The van der Waals surface area contributed by atoms with E-state index < -0.39 is 16.9 Å². The molecule has 3 rings (SSSR count). The molecule has 8 heteroatoms. The lowest BCUT2D eigenvalue weighted by Gasteiger charge is -2.39. The van der Waals surface area contributed by atoms with Gasteiger partial charge in [-0.2, -0.15) is 0 Å². The molecule has 1 aliphatic heterocycles. The fourth-order valence-electron chi connectivity index (χ4n) is 4.03. The van der Waals surface area contributed by atoms with Crippen molar-refractivity contribution in [1.82, 2.24) is 4.90 Å². The van der Waals surface area contributed by atoms with Crippen LogP contribution in [0.1, 0.15) is 57.6 Å². The second-order valence-electron chi connectivity index (χ2n) is 8.49. The molecule has 1 unspecified atom stereocenters. The number of hydrogen-bond acceptors (Lipinski definition) is 3. The summed E-state index contributed by atoms with van der Waals surface area (Å²) in [5.74, 6) is -0.234. The van der Waals surface area contributed by atoms with Crippen LogP contribution in [0.25, 0.3) is 0 Å². The van der Waals surface area contributed by atoms with Crippen LogP contribution < -0.4 is 4.31 Å². The van der Waals surface area contributed by atoms with E-state index in [1.165, 1.54) is 10.4 Å². The van der Waals surface area contributed by atoms with Gasteiger partial charge in [-0.3, -0.25) is 8.86 Å². The topological polar surface area (TPSA) is 70.1 Å². The Morgan fingerprint density at radius 3 is 2.39 bits per heavy atom. The predicted octanol–water partition coefficient (Wildman–Crippen LogP) is 4.05. The van der Waals surface area contributed by atoms with Crippen LogP contribution in [-0.2, 0) is 28.8 Å². The van der Waals surface area contributed by atoms with Crippen molar-refractivity contribution in [1.29, 1.82) is 0 Å². The summed E-state index contributed by atoms with van der Waals surface area (Å²) >= 11 is -2.22. The molecule has 1 fully saturated rings. The van der Waals surface area contributed by atoms with Gasteiger partial charge in [-0.1, -0.05) is 0 Å². The first-order valence-electron chi connectivity index (χ1n) is 9.86. The molecule has 0 saturated carbocycles. The van der Waals surface area contributed by atoms with Crippen molar-refractivity contribution in [2.45, 2.75) is 70.9 Å². The molecule has 1 heterocycles. The van der Waals surface area contributed by atoms with Gasteiger partial charge in [0.15, 0.2) is 0 Å². The zero-order valence-corrected chi connectivity index (χ0v) is 17.6. The van der Waals surface area contributed by atoms with Crippen molar-refractivity contribution in [2.75, 3.05) is 17.4 Å². The first-order valence-corrected chi connectivity index (χ1v) is 10.9. The van der Waals surface area contributed by atoms with Gasteiger partial charge in [0.2, 0.25) is 0 Å². The highest BCUT2D eigenvalue weighted by Crippen LogP contribution is 2.35. The van der Waals surface area contributed by atoms with E-state index >= 15 is 0 Å². The average Bonchev–Trinajstić information content (AvgIpc) is 2.63. The third kappa shape index (κ3) is 4.66. The van der Waals surface area contributed by atoms with Gasteiger partial charge < -0.3 is 9.64 Å². The second-order valence-corrected chi connectivity index (χ2v) is 9.34. The number of halogens is 1. The Kier molecular flexibility index (Phi) is 6.29. The molecule has 1 saturated heterocycles. The number of piperidine rings is 1. The maximum Gasteiger partial charge on any atom is 0.410 e. The molecule has 0 aromatic heterocycles. The van der Waals surface area contributed by atoms with Crippen LogP contribution in [0.4, 0.5) is 14.9 Å². The molecule has 156 valence electrons. The van der Waals surface area contributed by atoms with Gasteiger partial charge in [0, 0.05) is 19.1 Å². The molecular weight excluding hydrogens is 383 g/mol. The van der Waals surface area contributed by atoms with Crippen LogP contribution in [0, 0.1) is 5.82 Å². The molecule has 6 nitrogen and oxygen atoms in total. The number of ether oxygens (including phenoxy) is 1. The van der Waals surface area contributed by atoms with Gasteiger partial charge in [0.1, 0.15) is 11.4 Å². The van der Waals surface area contributed by atoms with Gasteiger partial charge in [0.05, 0.1) is 5.69 Å². The summed E-state index contributed by atoms with van der Waals surface area (Å²) in [6.45, 7) is 6.39. The minimum Gasteiger partial charge on any atom is -0.444 e. The number of nitrogens with zero attached hydrogens (tertiary/aromatic N) is 2. The fourth-order valence-corrected chi connectivity index (χ4v) is 4.83. The number of anilines is 1. The summed E-state index contributed by atoms with van der Waals surface area (Å²) in [4.78, 5) is 13.9. The Hall–Kier alpha value is -1.67. The highest BCUT2D eigenvalue weighted by Gasteiger charge is 2.33. The maximum absolute atomic E-state index is 14.2. The molecule has 1 aromatic carbocycles. The third-order valence-corrected chi connectivity index (χ3v) is 6.14. The predicted molar refractivity (Wildman–Crippen MR) is 107 cm³/mol. The molecular formula is C20H29FN2O4S. The Balaban J connectivity index is 1.77. The average molecular weight is 413 g/mol. The molecule has 0 spiro atoms. The lowest BCUT2D eigenvalue weighted by Crippen LogP contribution is -2.48. The van der Waals surface area contributed by atoms with Crippen molar-refractivity contribution in [3.63, 3.8) is 0 Å². The Bertz CT molecular complexity index is 757. The van der Waals surface area contributed by atoms with Gasteiger partial charge in [-0.05, 0) is 82.6 Å². The van der Waals surface area contributed by atoms with Crippen molar-refractivity contribution in [3.8, 4) is 0 Å². The summed E-state index contributed by atoms with van der Waals surface area (Å²) in [6.07, 6.45) is 4.01. The number of fused-ring (bicyclic) bond motifs is 1. The van der Waals surface area contributed by atoms with Crippen molar-refractivity contribution in [2.24, 2.45) is 0 Å². The standard InChI is InChI=1S/C20H29FN2O4S/c1-20(2,3)27-19(24)22-12-10-14(11-13-22)23(28(25)26)18-9-8-17(21)15-6-4-5-7-16(15)18/h8-9,14H,4-7,10-13H2,1-3H3,(H,25,26). The highest BCUT2D eigenvalue weighted by molar-refractivity contribution is 7.80. The van der Waals surface area contributed by atoms with Gasteiger partial charge in [0.25, 0.3) is 11.3 Å². The van der Waals surface area contributed by atoms with Crippen molar-refractivity contribution >= 4 is 23.0 Å². The zero-order valence-electron chi connectivity index (χ0n) is 16.7. The molecule has 2 aliphatic rings. The molecule has 1 N–H and O–H groups in total. The lowest BCUT2D eigenvalue weighted by atomic mass is 9.89. The highest BCUT2D eigenvalue weighted by atomic mass is 32.2. The number of hydrogen-bond donors (Lipinski definition) is 1. The van der Waals surface area contributed by atoms with Gasteiger partial charge >= 0.3 is 6.09 Å².